The molecule has 3 heterocycles. The number of aromatic nitrogens is 4. The average molecular weight is 526 g/mol. The minimum absolute atomic E-state index is 0.0168. The van der Waals surface area contributed by atoms with Crippen LogP contribution in [0.15, 0.2) is 90.4 Å². The summed E-state index contributed by atoms with van der Waals surface area (Å²) in [5.74, 6) is -0.471. The summed E-state index contributed by atoms with van der Waals surface area (Å²) < 4.78 is 29.7. The van der Waals surface area contributed by atoms with Gasteiger partial charge in [-0.3, -0.25) is 14.3 Å². The Morgan fingerprint density at radius 3 is 2.26 bits per heavy atom. The van der Waals surface area contributed by atoms with Crippen molar-refractivity contribution in [3.63, 3.8) is 0 Å². The van der Waals surface area contributed by atoms with Gasteiger partial charge in [-0.15, -0.1) is 0 Å². The number of halogens is 2. The zero-order valence-electron chi connectivity index (χ0n) is 21.1. The first-order chi connectivity index (χ1) is 18.8. The van der Waals surface area contributed by atoms with E-state index in [0.717, 1.165) is 22.3 Å². The number of benzene rings is 2. The van der Waals surface area contributed by atoms with Gasteiger partial charge in [-0.1, -0.05) is 36.4 Å². The maximum atomic E-state index is 13.4. The molecule has 0 saturated heterocycles. The number of carbonyl (C=O) groups excluding carboxylic acids is 1. The van der Waals surface area contributed by atoms with Gasteiger partial charge in [0.05, 0.1) is 18.3 Å². The fourth-order valence-electron chi connectivity index (χ4n) is 4.41. The van der Waals surface area contributed by atoms with Gasteiger partial charge in [0.1, 0.15) is 18.3 Å². The fraction of sp³-hybridized carbons (Fsp3) is 0.133. The quantitative estimate of drug-likeness (QED) is 0.285. The Bertz CT molecular complexity index is 1710. The molecule has 7 nitrogen and oxygen atoms in total. The lowest BCUT2D eigenvalue weighted by atomic mass is 9.97. The maximum Gasteiger partial charge on any atom is 0.200 e. The molecule has 0 unspecified atom stereocenters. The van der Waals surface area contributed by atoms with Crippen molar-refractivity contribution in [2.75, 3.05) is 12.4 Å². The second-order valence-corrected chi connectivity index (χ2v) is 9.20. The van der Waals surface area contributed by atoms with Crippen LogP contribution in [-0.4, -0.2) is 31.8 Å². The van der Waals surface area contributed by atoms with E-state index in [1.165, 1.54) is 41.2 Å². The van der Waals surface area contributed by atoms with Crippen LogP contribution in [0.1, 0.15) is 15.9 Å². The zero-order chi connectivity index (χ0) is 27.5. The molecule has 39 heavy (non-hydrogen) atoms. The minimum atomic E-state index is -0.666. The van der Waals surface area contributed by atoms with E-state index in [4.69, 9.17) is 5.73 Å². The minimum Gasteiger partial charge on any atom is -0.383 e. The van der Waals surface area contributed by atoms with Crippen molar-refractivity contribution in [1.29, 1.82) is 0 Å². The van der Waals surface area contributed by atoms with Crippen LogP contribution in [0.25, 0.3) is 33.4 Å². The highest BCUT2D eigenvalue weighted by Gasteiger charge is 2.17. The van der Waals surface area contributed by atoms with Crippen LogP contribution < -0.4 is 11.2 Å². The summed E-state index contributed by atoms with van der Waals surface area (Å²) >= 11 is 0. The van der Waals surface area contributed by atoms with Gasteiger partial charge in [0.25, 0.3) is 0 Å². The van der Waals surface area contributed by atoms with E-state index >= 15 is 0 Å². The van der Waals surface area contributed by atoms with Gasteiger partial charge in [0, 0.05) is 60.5 Å². The Morgan fingerprint density at radius 1 is 0.897 bits per heavy atom. The molecule has 0 atom stereocenters. The van der Waals surface area contributed by atoms with Gasteiger partial charge in [-0.2, -0.15) is 5.10 Å². The third-order valence-corrected chi connectivity index (χ3v) is 6.46. The molecule has 0 radical (unpaired) electrons. The molecule has 5 rings (SSSR count). The van der Waals surface area contributed by atoms with Crippen LogP contribution in [0, 0.1) is 5.82 Å². The summed E-state index contributed by atoms with van der Waals surface area (Å²) in [4.78, 5) is 30.8. The number of aryl methyl sites for hydroxylation is 2. The number of nitrogens with zero attached hydrogens (tertiary/aromatic N) is 4. The Hall–Kier alpha value is -4.92. The third kappa shape index (κ3) is 5.52. The number of ketones is 1. The van der Waals surface area contributed by atoms with E-state index in [1.54, 1.807) is 29.2 Å². The van der Waals surface area contributed by atoms with Crippen LogP contribution in [0.3, 0.4) is 0 Å². The number of alkyl halides is 1. The van der Waals surface area contributed by atoms with Crippen LogP contribution in [-0.2, 0) is 20.0 Å². The number of pyridine rings is 2. The van der Waals surface area contributed by atoms with Crippen molar-refractivity contribution in [3.8, 4) is 33.4 Å². The lowest BCUT2D eigenvalue weighted by Crippen LogP contribution is -2.21. The lowest BCUT2D eigenvalue weighted by Gasteiger charge is -2.11. The number of hydrogen-bond acceptors (Lipinski definition) is 5. The van der Waals surface area contributed by atoms with Gasteiger partial charge in [0.15, 0.2) is 11.2 Å². The van der Waals surface area contributed by atoms with Crippen molar-refractivity contribution in [1.82, 2.24) is 19.3 Å². The van der Waals surface area contributed by atoms with E-state index < -0.39 is 23.7 Å². The zero-order valence-corrected chi connectivity index (χ0v) is 21.1. The van der Waals surface area contributed by atoms with Gasteiger partial charge < -0.3 is 10.3 Å². The molecule has 0 amide bonds. The summed E-state index contributed by atoms with van der Waals surface area (Å²) in [7, 11) is 1.84. The molecule has 0 aliphatic rings. The number of nitrogen functional groups attached to an aromatic ring is 1. The first-order valence-electron chi connectivity index (χ1n) is 12.3. The van der Waals surface area contributed by atoms with E-state index in [-0.39, 0.29) is 24.1 Å². The van der Waals surface area contributed by atoms with Crippen LogP contribution in [0.5, 0.6) is 0 Å². The summed E-state index contributed by atoms with van der Waals surface area (Å²) in [6.45, 7) is -0.683. The molecule has 2 N–H and O–H groups in total. The average Bonchev–Trinajstić information content (AvgIpc) is 3.37. The van der Waals surface area contributed by atoms with Gasteiger partial charge in [-0.05, 0) is 34.9 Å². The normalized spacial score (nSPS) is 11.1. The predicted molar refractivity (Wildman–Crippen MR) is 146 cm³/mol. The molecule has 0 aliphatic heterocycles. The molecule has 9 heteroatoms. The van der Waals surface area contributed by atoms with Crippen molar-refractivity contribution in [2.24, 2.45) is 7.05 Å². The van der Waals surface area contributed by atoms with E-state index in [9.17, 15) is 18.4 Å². The summed E-state index contributed by atoms with van der Waals surface area (Å²) in [6, 6.07) is 14.6. The number of anilines is 1. The number of carbonyl (C=O) groups is 1. The first kappa shape index (κ1) is 25.7. The van der Waals surface area contributed by atoms with E-state index in [0.29, 0.717) is 16.9 Å². The third-order valence-electron chi connectivity index (χ3n) is 6.46. The number of hydrogen-bond donors (Lipinski definition) is 1. The first-order valence-corrected chi connectivity index (χ1v) is 12.3. The highest BCUT2D eigenvalue weighted by Crippen LogP contribution is 2.30. The molecule has 196 valence electrons. The molecule has 0 aliphatic carbocycles. The van der Waals surface area contributed by atoms with Crippen molar-refractivity contribution in [3.05, 3.63) is 113 Å². The van der Waals surface area contributed by atoms with Crippen molar-refractivity contribution in [2.45, 2.75) is 13.0 Å². The van der Waals surface area contributed by atoms with Gasteiger partial charge in [0.2, 0.25) is 0 Å². The molecule has 5 aromatic rings. The maximum absolute atomic E-state index is 13.4. The number of rotatable bonds is 8. The molecule has 2 aromatic carbocycles. The predicted octanol–water partition coefficient (Wildman–Crippen LogP) is 5.09. The van der Waals surface area contributed by atoms with Gasteiger partial charge >= 0.3 is 0 Å². The molecule has 0 bridgehead atoms. The SMILES string of the molecule is Cn1cc(-c2cnc(N)c(-c3ccc(CC(=O)c4cn(CCF)cc(-c5ccc(F)cc5)c4=O)cc3)c2)cn1. The largest absolute Gasteiger partial charge is 0.383 e. The lowest BCUT2D eigenvalue weighted by molar-refractivity contribution is 0.0991. The topological polar surface area (TPSA) is 95.8 Å². The summed E-state index contributed by atoms with van der Waals surface area (Å²) in [5, 5.41) is 4.20. The molecular weight excluding hydrogens is 500 g/mol. The highest BCUT2D eigenvalue weighted by atomic mass is 19.1. The Morgan fingerprint density at radius 2 is 1.59 bits per heavy atom. The molecular formula is C30H25F2N5O2. The molecule has 0 spiro atoms. The number of nitrogens with two attached hydrogens (primary N) is 1. The Balaban J connectivity index is 1.42. The smallest absolute Gasteiger partial charge is 0.200 e. The van der Waals surface area contributed by atoms with Crippen LogP contribution in [0.4, 0.5) is 14.6 Å². The van der Waals surface area contributed by atoms with Gasteiger partial charge in [-0.25, -0.2) is 13.8 Å². The monoisotopic (exact) mass is 525 g/mol. The molecule has 0 saturated carbocycles. The van der Waals surface area contributed by atoms with Crippen LogP contribution >= 0.6 is 0 Å². The molecule has 0 fully saturated rings. The summed E-state index contributed by atoms with van der Waals surface area (Å²) in [5.41, 5.74) is 10.3. The van der Waals surface area contributed by atoms with E-state index in [1.807, 2.05) is 31.4 Å². The Kier molecular flexibility index (Phi) is 7.14. The number of Topliss-reactive ketones (excluding diaryl/α,β-unsaturated/α-hetero) is 1. The Labute approximate surface area is 223 Å². The van der Waals surface area contributed by atoms with Crippen molar-refractivity contribution < 1.29 is 13.6 Å². The molecule has 3 aromatic heterocycles. The van der Waals surface area contributed by atoms with E-state index in [2.05, 4.69) is 10.1 Å². The van der Waals surface area contributed by atoms with Crippen LogP contribution in [0.2, 0.25) is 0 Å². The highest BCUT2D eigenvalue weighted by molar-refractivity contribution is 5.98. The van der Waals surface area contributed by atoms with Crippen molar-refractivity contribution >= 4 is 11.6 Å². The second kappa shape index (κ2) is 10.8. The summed E-state index contributed by atoms with van der Waals surface area (Å²) in [6.07, 6.45) is 8.16. The fourth-order valence-corrected chi connectivity index (χ4v) is 4.41. The standard InChI is InChI=1S/C30H25F2N5O2/c1-36-16-23(15-35-36)22-13-25(30(33)34-14-22)20-4-2-19(3-5-20)12-28(38)27-18-37(11-10-31)17-26(29(27)39)21-6-8-24(32)9-7-21/h2-9,13-18H,10-12H2,1H3,(H2,33,34). The second-order valence-electron chi connectivity index (χ2n) is 9.20.